The maximum atomic E-state index is 12.3. The molecular formula is C19H23N5O2. The molecule has 2 heterocycles. The molecule has 0 aliphatic heterocycles. The molecule has 1 unspecified atom stereocenters. The number of rotatable bonds is 6. The van der Waals surface area contributed by atoms with Crippen LogP contribution in [0, 0.1) is 20.8 Å². The van der Waals surface area contributed by atoms with Crippen LogP contribution in [0.25, 0.3) is 0 Å². The van der Waals surface area contributed by atoms with Crippen molar-refractivity contribution in [2.75, 3.05) is 5.32 Å². The molecule has 0 saturated carbocycles. The molecule has 7 heteroatoms. The van der Waals surface area contributed by atoms with Gasteiger partial charge in [0.05, 0.1) is 23.8 Å². The van der Waals surface area contributed by atoms with Gasteiger partial charge in [-0.05, 0) is 45.4 Å². The fourth-order valence-corrected chi connectivity index (χ4v) is 2.61. The molecule has 0 spiro atoms. The van der Waals surface area contributed by atoms with Gasteiger partial charge in [0.1, 0.15) is 11.8 Å². The molecule has 0 aliphatic carbocycles. The molecule has 2 aromatic heterocycles. The highest BCUT2D eigenvalue weighted by Gasteiger charge is 2.16. The summed E-state index contributed by atoms with van der Waals surface area (Å²) in [5.74, 6) is 0.669. The first kappa shape index (κ1) is 17.7. The molecule has 1 atom stereocenters. The molecule has 136 valence electrons. The first-order valence-electron chi connectivity index (χ1n) is 8.47. The Labute approximate surface area is 152 Å². The van der Waals surface area contributed by atoms with E-state index < -0.39 is 6.04 Å². The standard InChI is InChI=1S/C19H23N5O2/c1-13-5-6-18(14(2)9-13)26-12-23-11-17(10-20-23)21-19(25)16(4)24-8-7-15(3)22-24/h5-11,16H,12H2,1-4H3,(H,21,25). The Hall–Kier alpha value is -3.09. The van der Waals surface area contributed by atoms with E-state index in [1.807, 2.05) is 39.0 Å². The third-order valence-corrected chi connectivity index (χ3v) is 4.10. The number of amides is 1. The number of aryl methyl sites for hydroxylation is 3. The molecule has 0 aliphatic rings. The van der Waals surface area contributed by atoms with Gasteiger partial charge in [0.15, 0.2) is 6.73 Å². The monoisotopic (exact) mass is 353 g/mol. The second-order valence-corrected chi connectivity index (χ2v) is 6.41. The summed E-state index contributed by atoms with van der Waals surface area (Å²) < 4.78 is 9.06. The van der Waals surface area contributed by atoms with Gasteiger partial charge in [-0.3, -0.25) is 9.48 Å². The Bertz CT molecular complexity index is 912. The Balaban J connectivity index is 1.58. The number of benzene rings is 1. The number of anilines is 1. The molecule has 1 amide bonds. The van der Waals surface area contributed by atoms with Gasteiger partial charge in [-0.25, -0.2) is 4.68 Å². The van der Waals surface area contributed by atoms with Gasteiger partial charge >= 0.3 is 0 Å². The van der Waals surface area contributed by atoms with Crippen molar-refractivity contribution in [2.24, 2.45) is 0 Å². The van der Waals surface area contributed by atoms with E-state index in [2.05, 4.69) is 21.6 Å². The van der Waals surface area contributed by atoms with Gasteiger partial charge in [0, 0.05) is 6.20 Å². The third-order valence-electron chi connectivity index (χ3n) is 4.10. The van der Waals surface area contributed by atoms with Crippen LogP contribution < -0.4 is 10.1 Å². The van der Waals surface area contributed by atoms with E-state index >= 15 is 0 Å². The second-order valence-electron chi connectivity index (χ2n) is 6.41. The highest BCUT2D eigenvalue weighted by molar-refractivity contribution is 5.93. The van der Waals surface area contributed by atoms with Crippen molar-refractivity contribution in [2.45, 2.75) is 40.5 Å². The van der Waals surface area contributed by atoms with Gasteiger partial charge in [0.25, 0.3) is 0 Å². The quantitative estimate of drug-likeness (QED) is 0.738. The molecule has 0 saturated heterocycles. The van der Waals surface area contributed by atoms with Crippen LogP contribution in [0.4, 0.5) is 5.69 Å². The zero-order valence-corrected chi connectivity index (χ0v) is 15.4. The van der Waals surface area contributed by atoms with Gasteiger partial charge in [-0.1, -0.05) is 17.7 Å². The lowest BCUT2D eigenvalue weighted by Crippen LogP contribution is -2.23. The largest absolute Gasteiger partial charge is 0.471 e. The van der Waals surface area contributed by atoms with Crippen molar-refractivity contribution in [1.82, 2.24) is 19.6 Å². The number of hydrogen-bond acceptors (Lipinski definition) is 4. The first-order chi connectivity index (χ1) is 12.4. The molecule has 1 aromatic carbocycles. The molecule has 7 nitrogen and oxygen atoms in total. The zero-order chi connectivity index (χ0) is 18.7. The van der Waals surface area contributed by atoms with E-state index in [1.54, 1.807) is 34.9 Å². The highest BCUT2D eigenvalue weighted by Crippen LogP contribution is 2.19. The molecule has 3 aromatic rings. The Morgan fingerprint density at radius 3 is 2.77 bits per heavy atom. The summed E-state index contributed by atoms with van der Waals surface area (Å²) >= 11 is 0. The summed E-state index contributed by atoms with van der Waals surface area (Å²) in [5, 5.41) is 11.3. The smallest absolute Gasteiger partial charge is 0.249 e. The normalized spacial score (nSPS) is 12.0. The Morgan fingerprint density at radius 1 is 1.27 bits per heavy atom. The fourth-order valence-electron chi connectivity index (χ4n) is 2.61. The van der Waals surface area contributed by atoms with Crippen LogP contribution in [0.3, 0.4) is 0 Å². The molecule has 3 rings (SSSR count). The maximum Gasteiger partial charge on any atom is 0.249 e. The number of ether oxygens (including phenoxy) is 1. The van der Waals surface area contributed by atoms with Crippen LogP contribution in [0.5, 0.6) is 5.75 Å². The third kappa shape index (κ3) is 4.11. The lowest BCUT2D eigenvalue weighted by atomic mass is 10.1. The Kier molecular flexibility index (Phi) is 5.06. The van der Waals surface area contributed by atoms with Crippen molar-refractivity contribution in [3.8, 4) is 5.75 Å². The van der Waals surface area contributed by atoms with Crippen molar-refractivity contribution < 1.29 is 9.53 Å². The second kappa shape index (κ2) is 7.43. The van der Waals surface area contributed by atoms with Crippen molar-refractivity contribution in [3.05, 3.63) is 59.7 Å². The van der Waals surface area contributed by atoms with Gasteiger partial charge in [-0.2, -0.15) is 10.2 Å². The topological polar surface area (TPSA) is 74.0 Å². The van der Waals surface area contributed by atoms with Gasteiger partial charge in [-0.15, -0.1) is 0 Å². The van der Waals surface area contributed by atoms with E-state index in [0.717, 1.165) is 17.0 Å². The SMILES string of the molecule is Cc1ccc(OCn2cc(NC(=O)C(C)n3ccc(C)n3)cn2)c(C)c1. The number of carbonyl (C=O) groups is 1. The summed E-state index contributed by atoms with van der Waals surface area (Å²) in [7, 11) is 0. The van der Waals surface area contributed by atoms with Crippen molar-refractivity contribution in [1.29, 1.82) is 0 Å². The van der Waals surface area contributed by atoms with Crippen LogP contribution in [0.1, 0.15) is 29.8 Å². The lowest BCUT2D eigenvalue weighted by molar-refractivity contribution is -0.119. The number of nitrogens with one attached hydrogen (secondary N) is 1. The number of nitrogens with zero attached hydrogens (tertiary/aromatic N) is 4. The lowest BCUT2D eigenvalue weighted by Gasteiger charge is -2.11. The highest BCUT2D eigenvalue weighted by atomic mass is 16.5. The van der Waals surface area contributed by atoms with Gasteiger partial charge in [0.2, 0.25) is 5.91 Å². The average Bonchev–Trinajstić information content (AvgIpc) is 3.22. The molecule has 0 bridgehead atoms. The summed E-state index contributed by atoms with van der Waals surface area (Å²) in [6.45, 7) is 8.02. The van der Waals surface area contributed by atoms with Crippen LogP contribution in [0.15, 0.2) is 42.9 Å². The Morgan fingerprint density at radius 2 is 2.08 bits per heavy atom. The van der Waals surface area contributed by atoms with E-state index in [-0.39, 0.29) is 12.6 Å². The summed E-state index contributed by atoms with van der Waals surface area (Å²) in [6, 6.07) is 7.49. The molecule has 26 heavy (non-hydrogen) atoms. The van der Waals surface area contributed by atoms with Crippen LogP contribution >= 0.6 is 0 Å². The van der Waals surface area contributed by atoms with Crippen molar-refractivity contribution >= 4 is 11.6 Å². The fraction of sp³-hybridized carbons (Fsp3) is 0.316. The predicted molar refractivity (Wildman–Crippen MR) is 99.1 cm³/mol. The van der Waals surface area contributed by atoms with E-state index in [1.165, 1.54) is 5.56 Å². The molecule has 1 N–H and O–H groups in total. The summed E-state index contributed by atoms with van der Waals surface area (Å²) in [4.78, 5) is 12.3. The average molecular weight is 353 g/mol. The van der Waals surface area contributed by atoms with E-state index in [9.17, 15) is 4.79 Å². The molecule has 0 fully saturated rings. The summed E-state index contributed by atoms with van der Waals surface area (Å²) in [5.41, 5.74) is 3.77. The minimum atomic E-state index is -0.404. The van der Waals surface area contributed by atoms with E-state index in [4.69, 9.17) is 4.74 Å². The van der Waals surface area contributed by atoms with Gasteiger partial charge < -0.3 is 10.1 Å². The van der Waals surface area contributed by atoms with Crippen LogP contribution in [0.2, 0.25) is 0 Å². The zero-order valence-electron chi connectivity index (χ0n) is 15.4. The first-order valence-corrected chi connectivity index (χ1v) is 8.47. The van der Waals surface area contributed by atoms with Crippen LogP contribution in [-0.2, 0) is 11.5 Å². The van der Waals surface area contributed by atoms with Crippen molar-refractivity contribution in [3.63, 3.8) is 0 Å². The molecule has 0 radical (unpaired) electrons. The number of aromatic nitrogens is 4. The predicted octanol–water partition coefficient (Wildman–Crippen LogP) is 3.24. The number of hydrogen-bond donors (Lipinski definition) is 1. The number of carbonyl (C=O) groups excluding carboxylic acids is 1. The minimum Gasteiger partial charge on any atom is -0.471 e. The maximum absolute atomic E-state index is 12.3. The summed E-state index contributed by atoms with van der Waals surface area (Å²) in [6.07, 6.45) is 5.13. The minimum absolute atomic E-state index is 0.150. The molecular weight excluding hydrogens is 330 g/mol. The van der Waals surface area contributed by atoms with E-state index in [0.29, 0.717) is 5.69 Å². The van der Waals surface area contributed by atoms with Crippen LogP contribution in [-0.4, -0.2) is 25.5 Å².